The van der Waals surface area contributed by atoms with E-state index < -0.39 is 10.0 Å². The number of ether oxygens (including phenoxy) is 1. The van der Waals surface area contributed by atoms with Crippen LogP contribution in [0.3, 0.4) is 0 Å². The molecule has 1 aromatic carbocycles. The molecular formula is C23H34ClN3O4S. The van der Waals surface area contributed by atoms with E-state index in [2.05, 4.69) is 11.9 Å². The van der Waals surface area contributed by atoms with Crippen LogP contribution >= 0.6 is 11.6 Å². The third kappa shape index (κ3) is 5.24. The second kappa shape index (κ2) is 9.87. The van der Waals surface area contributed by atoms with Gasteiger partial charge in [-0.1, -0.05) is 18.0 Å². The average molecular weight is 484 g/mol. The van der Waals surface area contributed by atoms with E-state index in [1.807, 2.05) is 0 Å². The maximum Gasteiger partial charge on any atom is 0.409 e. The van der Waals surface area contributed by atoms with Gasteiger partial charge in [-0.3, -0.25) is 0 Å². The van der Waals surface area contributed by atoms with Crippen LogP contribution in [0.5, 0.6) is 0 Å². The highest BCUT2D eigenvalue weighted by molar-refractivity contribution is 7.89. The van der Waals surface area contributed by atoms with E-state index >= 15 is 0 Å². The third-order valence-corrected chi connectivity index (χ3v) is 9.45. The maximum absolute atomic E-state index is 13.6. The molecule has 1 amide bonds. The molecule has 7 nitrogen and oxygen atoms in total. The summed E-state index contributed by atoms with van der Waals surface area (Å²) in [6.07, 6.45) is 6.10. The van der Waals surface area contributed by atoms with Crippen molar-refractivity contribution in [2.75, 3.05) is 33.8 Å². The normalized spacial score (nSPS) is 26.1. The molecular weight excluding hydrogens is 450 g/mol. The SMILES string of the molecule is CN1CCC(N(C)C(=O)OC[C@@H]2CCC[C@H](C3CC3)N2S(=O)(=O)c2ccc(Cl)cc2)CC1. The van der Waals surface area contributed by atoms with Gasteiger partial charge in [-0.15, -0.1) is 0 Å². The Morgan fingerprint density at radius 3 is 2.38 bits per heavy atom. The Bertz CT molecular complexity index is 898. The summed E-state index contributed by atoms with van der Waals surface area (Å²) in [5.41, 5.74) is 0. The van der Waals surface area contributed by atoms with Gasteiger partial charge in [-0.25, -0.2) is 13.2 Å². The Morgan fingerprint density at radius 2 is 1.75 bits per heavy atom. The second-order valence-electron chi connectivity index (χ2n) is 9.50. The number of nitrogens with zero attached hydrogens (tertiary/aromatic N) is 3. The minimum atomic E-state index is -3.71. The zero-order valence-electron chi connectivity index (χ0n) is 19.0. The summed E-state index contributed by atoms with van der Waals surface area (Å²) in [7, 11) is 0.160. The first-order valence-corrected chi connectivity index (χ1v) is 13.5. The molecule has 2 atom stereocenters. The van der Waals surface area contributed by atoms with Gasteiger partial charge in [0.1, 0.15) is 6.61 Å². The van der Waals surface area contributed by atoms with Gasteiger partial charge in [0.25, 0.3) is 0 Å². The summed E-state index contributed by atoms with van der Waals surface area (Å²) in [5.74, 6) is 0.400. The van der Waals surface area contributed by atoms with E-state index in [0.29, 0.717) is 17.4 Å². The van der Waals surface area contributed by atoms with Crippen molar-refractivity contribution in [2.24, 2.45) is 5.92 Å². The predicted molar refractivity (Wildman–Crippen MR) is 124 cm³/mol. The number of halogens is 1. The van der Waals surface area contributed by atoms with Crippen molar-refractivity contribution in [1.29, 1.82) is 0 Å². The summed E-state index contributed by atoms with van der Waals surface area (Å²) in [5, 5.41) is 0.503. The lowest BCUT2D eigenvalue weighted by Crippen LogP contribution is -2.53. The van der Waals surface area contributed by atoms with Crippen LogP contribution in [0.15, 0.2) is 29.2 Å². The fourth-order valence-electron chi connectivity index (χ4n) is 5.07. The number of rotatable bonds is 6. The van der Waals surface area contributed by atoms with Crippen LogP contribution < -0.4 is 0 Å². The van der Waals surface area contributed by atoms with Crippen LogP contribution in [0, 0.1) is 5.92 Å². The van der Waals surface area contributed by atoms with Crippen molar-refractivity contribution >= 4 is 27.7 Å². The molecule has 32 heavy (non-hydrogen) atoms. The molecule has 1 aliphatic carbocycles. The Kier molecular flexibility index (Phi) is 7.34. The molecule has 3 aliphatic rings. The molecule has 3 fully saturated rings. The fraction of sp³-hybridized carbons (Fsp3) is 0.696. The molecule has 2 heterocycles. The van der Waals surface area contributed by atoms with Gasteiger partial charge in [-0.05, 0) is 88.8 Å². The Labute approximate surface area is 196 Å². The summed E-state index contributed by atoms with van der Waals surface area (Å²) in [4.78, 5) is 17.0. The molecule has 178 valence electrons. The quantitative estimate of drug-likeness (QED) is 0.615. The zero-order valence-corrected chi connectivity index (χ0v) is 20.5. The van der Waals surface area contributed by atoms with Crippen LogP contribution in [-0.2, 0) is 14.8 Å². The summed E-state index contributed by atoms with van der Waals surface area (Å²) in [6, 6.07) is 6.13. The lowest BCUT2D eigenvalue weighted by molar-refractivity contribution is 0.0487. The first-order valence-electron chi connectivity index (χ1n) is 11.6. The number of likely N-dealkylation sites (tertiary alicyclic amines) is 1. The van der Waals surface area contributed by atoms with Crippen molar-refractivity contribution in [3.8, 4) is 0 Å². The third-order valence-electron chi connectivity index (χ3n) is 7.20. The molecule has 0 unspecified atom stereocenters. The molecule has 1 saturated carbocycles. The predicted octanol–water partition coefficient (Wildman–Crippen LogP) is 3.82. The highest BCUT2D eigenvalue weighted by Crippen LogP contribution is 2.43. The van der Waals surface area contributed by atoms with Crippen LogP contribution in [0.4, 0.5) is 4.79 Å². The molecule has 0 aromatic heterocycles. The van der Waals surface area contributed by atoms with Crippen molar-refractivity contribution in [2.45, 2.75) is 68.0 Å². The van der Waals surface area contributed by atoms with Gasteiger partial charge in [0.05, 0.1) is 10.9 Å². The molecule has 0 spiro atoms. The van der Waals surface area contributed by atoms with E-state index in [0.717, 1.165) is 51.6 Å². The van der Waals surface area contributed by atoms with Gasteiger partial charge in [0, 0.05) is 24.2 Å². The van der Waals surface area contributed by atoms with Crippen LogP contribution in [0.2, 0.25) is 5.02 Å². The highest BCUT2D eigenvalue weighted by Gasteiger charge is 2.46. The second-order valence-corrected chi connectivity index (χ2v) is 11.8. The van der Waals surface area contributed by atoms with Crippen molar-refractivity contribution < 1.29 is 17.9 Å². The summed E-state index contributed by atoms with van der Waals surface area (Å²) < 4.78 is 34.6. The fourth-order valence-corrected chi connectivity index (χ4v) is 7.11. The number of hydrogen-bond acceptors (Lipinski definition) is 5. The number of amides is 1. The van der Waals surface area contributed by atoms with E-state index in [1.165, 1.54) is 0 Å². The van der Waals surface area contributed by atoms with Crippen molar-refractivity contribution in [3.63, 3.8) is 0 Å². The van der Waals surface area contributed by atoms with E-state index in [-0.39, 0.29) is 35.7 Å². The first-order chi connectivity index (χ1) is 15.3. The van der Waals surface area contributed by atoms with Crippen LogP contribution in [0.25, 0.3) is 0 Å². The number of benzene rings is 1. The lowest BCUT2D eigenvalue weighted by Gasteiger charge is -2.41. The highest BCUT2D eigenvalue weighted by atomic mass is 35.5. The van der Waals surface area contributed by atoms with Crippen LogP contribution in [0.1, 0.15) is 44.9 Å². The number of hydrogen-bond donors (Lipinski definition) is 0. The number of carbonyl (C=O) groups is 1. The topological polar surface area (TPSA) is 70.2 Å². The molecule has 2 saturated heterocycles. The maximum atomic E-state index is 13.6. The zero-order chi connectivity index (χ0) is 22.9. The van der Waals surface area contributed by atoms with Gasteiger partial charge in [0.15, 0.2) is 0 Å². The standard InChI is InChI=1S/C23H34ClN3O4S/c1-25-14-12-19(13-15-25)26(2)23(28)31-16-20-4-3-5-22(17-6-7-17)27(20)32(29,30)21-10-8-18(24)9-11-21/h8-11,17,19-20,22H,3-7,12-16H2,1-2H3/t20-,22+/m0/s1. The largest absolute Gasteiger partial charge is 0.448 e. The minimum Gasteiger partial charge on any atom is -0.448 e. The lowest BCUT2D eigenvalue weighted by atomic mass is 9.96. The van der Waals surface area contributed by atoms with Gasteiger partial charge in [-0.2, -0.15) is 4.31 Å². The van der Waals surface area contributed by atoms with Crippen LogP contribution in [-0.4, -0.2) is 80.5 Å². The molecule has 0 radical (unpaired) electrons. The first kappa shape index (κ1) is 23.8. The molecule has 1 aromatic rings. The summed E-state index contributed by atoms with van der Waals surface area (Å²) in [6.45, 7) is 2.01. The van der Waals surface area contributed by atoms with E-state index in [9.17, 15) is 13.2 Å². The van der Waals surface area contributed by atoms with E-state index in [1.54, 1.807) is 40.5 Å². The van der Waals surface area contributed by atoms with Gasteiger partial charge in [0.2, 0.25) is 10.0 Å². The van der Waals surface area contributed by atoms with E-state index in [4.69, 9.17) is 16.3 Å². The molecule has 4 rings (SSSR count). The van der Waals surface area contributed by atoms with Gasteiger partial charge >= 0.3 is 6.09 Å². The Morgan fingerprint density at radius 1 is 1.09 bits per heavy atom. The Hall–Kier alpha value is -1.35. The van der Waals surface area contributed by atoms with Crippen molar-refractivity contribution in [1.82, 2.24) is 14.1 Å². The molecule has 9 heteroatoms. The van der Waals surface area contributed by atoms with Gasteiger partial charge < -0.3 is 14.5 Å². The minimum absolute atomic E-state index is 0.0280. The number of sulfonamides is 1. The van der Waals surface area contributed by atoms with Crippen molar-refractivity contribution in [3.05, 3.63) is 29.3 Å². The summed E-state index contributed by atoms with van der Waals surface area (Å²) >= 11 is 5.98. The smallest absolute Gasteiger partial charge is 0.409 e. The average Bonchev–Trinajstić information content (AvgIpc) is 3.63. The molecule has 2 aliphatic heterocycles. The monoisotopic (exact) mass is 483 g/mol. The molecule has 0 N–H and O–H groups in total. The number of carbonyl (C=O) groups excluding carboxylic acids is 1. The Balaban J connectivity index is 1.47. The number of piperidine rings is 2. The molecule has 0 bridgehead atoms.